The lowest BCUT2D eigenvalue weighted by molar-refractivity contribution is 0.464. The molecule has 0 aromatic carbocycles. The zero-order chi connectivity index (χ0) is 14.4. The molecule has 0 aliphatic carbocycles. The molecular formula is C17H29NS2. The summed E-state index contributed by atoms with van der Waals surface area (Å²) in [6, 6.07) is 2.92. The summed E-state index contributed by atoms with van der Waals surface area (Å²) in [5, 5.41) is 6.79. The van der Waals surface area contributed by atoms with Crippen LogP contribution in [-0.4, -0.2) is 11.8 Å². The van der Waals surface area contributed by atoms with Gasteiger partial charge in [-0.3, -0.25) is 0 Å². The summed E-state index contributed by atoms with van der Waals surface area (Å²) < 4.78 is 1.54. The molecule has 1 nitrogen and oxygen atoms in total. The van der Waals surface area contributed by atoms with Gasteiger partial charge in [0.25, 0.3) is 0 Å². The lowest BCUT2D eigenvalue weighted by Gasteiger charge is -2.27. The van der Waals surface area contributed by atoms with Crippen molar-refractivity contribution in [2.45, 2.75) is 74.8 Å². The molecule has 1 aliphatic rings. The number of hydrogen-bond donors (Lipinski definition) is 1. The van der Waals surface area contributed by atoms with Gasteiger partial charge < -0.3 is 5.32 Å². The van der Waals surface area contributed by atoms with E-state index in [0.29, 0.717) is 6.04 Å². The summed E-state index contributed by atoms with van der Waals surface area (Å²) in [7, 11) is 0. The van der Waals surface area contributed by atoms with E-state index in [1.54, 1.807) is 5.56 Å². The van der Waals surface area contributed by atoms with Gasteiger partial charge in [0.1, 0.15) is 0 Å². The van der Waals surface area contributed by atoms with Crippen LogP contribution in [0.1, 0.15) is 70.9 Å². The standard InChI is InChI=1S/C17H29NS2/c1-13(2)8-6-4-5-7-10-18-16-12-14(3)20-17-15(16)9-11-19-17/h9,11,13-14,16,18H,4-8,10,12H2,1-3H3/t14-,16?/m0/s1. The van der Waals surface area contributed by atoms with Crippen LogP contribution in [-0.2, 0) is 0 Å². The van der Waals surface area contributed by atoms with Crippen LogP contribution in [0, 0.1) is 5.92 Å². The Morgan fingerprint density at radius 3 is 2.85 bits per heavy atom. The quantitative estimate of drug-likeness (QED) is 0.603. The number of fused-ring (bicyclic) bond motifs is 1. The highest BCUT2D eigenvalue weighted by atomic mass is 32.2. The molecule has 2 atom stereocenters. The van der Waals surface area contributed by atoms with Crippen LogP contribution in [0.25, 0.3) is 0 Å². The van der Waals surface area contributed by atoms with Crippen LogP contribution in [0.5, 0.6) is 0 Å². The molecule has 2 heterocycles. The average molecular weight is 312 g/mol. The predicted octanol–water partition coefficient (Wildman–Crippen LogP) is 5.87. The summed E-state index contributed by atoms with van der Waals surface area (Å²) in [6.07, 6.45) is 8.19. The maximum Gasteiger partial charge on any atom is 0.0649 e. The van der Waals surface area contributed by atoms with Crippen molar-refractivity contribution in [3.63, 3.8) is 0 Å². The Hall–Kier alpha value is 0.0100. The van der Waals surface area contributed by atoms with E-state index in [1.807, 2.05) is 11.3 Å². The molecule has 1 aliphatic heterocycles. The van der Waals surface area contributed by atoms with E-state index in [4.69, 9.17) is 0 Å². The maximum atomic E-state index is 3.79. The fourth-order valence-electron chi connectivity index (χ4n) is 2.85. The predicted molar refractivity (Wildman–Crippen MR) is 92.9 cm³/mol. The highest BCUT2D eigenvalue weighted by molar-refractivity contribution is 8.01. The molecule has 0 amide bonds. The summed E-state index contributed by atoms with van der Waals surface area (Å²) in [6.45, 7) is 8.18. The minimum absolute atomic E-state index is 0.600. The van der Waals surface area contributed by atoms with E-state index >= 15 is 0 Å². The highest BCUT2D eigenvalue weighted by Gasteiger charge is 2.25. The monoisotopic (exact) mass is 311 g/mol. The average Bonchev–Trinajstić information content (AvgIpc) is 2.85. The van der Waals surface area contributed by atoms with Crippen LogP contribution in [0.2, 0.25) is 0 Å². The van der Waals surface area contributed by atoms with Crippen molar-refractivity contribution in [3.05, 3.63) is 17.0 Å². The number of thioether (sulfide) groups is 1. The molecule has 0 bridgehead atoms. The molecule has 1 aromatic rings. The van der Waals surface area contributed by atoms with Gasteiger partial charge in [0, 0.05) is 11.3 Å². The second kappa shape index (κ2) is 8.45. The van der Waals surface area contributed by atoms with Crippen molar-refractivity contribution in [2.75, 3.05) is 6.54 Å². The van der Waals surface area contributed by atoms with Crippen LogP contribution in [0.3, 0.4) is 0 Å². The van der Waals surface area contributed by atoms with Crippen LogP contribution in [0.15, 0.2) is 15.7 Å². The van der Waals surface area contributed by atoms with E-state index in [1.165, 1.54) is 49.3 Å². The van der Waals surface area contributed by atoms with E-state index in [9.17, 15) is 0 Å². The Labute approximate surface area is 132 Å². The first-order valence-electron chi connectivity index (χ1n) is 8.14. The van der Waals surface area contributed by atoms with Crippen molar-refractivity contribution in [2.24, 2.45) is 5.92 Å². The number of thiophene rings is 1. The zero-order valence-corrected chi connectivity index (χ0v) is 14.8. The molecule has 1 aromatic heterocycles. The number of nitrogens with one attached hydrogen (secondary N) is 1. The Morgan fingerprint density at radius 2 is 2.05 bits per heavy atom. The molecule has 0 saturated heterocycles. The van der Waals surface area contributed by atoms with Crippen LogP contribution >= 0.6 is 23.1 Å². The summed E-state index contributed by atoms with van der Waals surface area (Å²) >= 11 is 3.96. The normalized spacial score (nSPS) is 22.2. The molecule has 2 rings (SSSR count). The van der Waals surface area contributed by atoms with Gasteiger partial charge in [0.15, 0.2) is 0 Å². The van der Waals surface area contributed by atoms with Crippen molar-refractivity contribution >= 4 is 23.1 Å². The third kappa shape index (κ3) is 5.09. The first-order chi connectivity index (χ1) is 9.66. The van der Waals surface area contributed by atoms with Crippen molar-refractivity contribution in [1.82, 2.24) is 5.32 Å². The van der Waals surface area contributed by atoms with Gasteiger partial charge in [-0.2, -0.15) is 0 Å². The molecule has 0 fully saturated rings. The second-order valence-electron chi connectivity index (χ2n) is 6.43. The van der Waals surface area contributed by atoms with Gasteiger partial charge >= 0.3 is 0 Å². The van der Waals surface area contributed by atoms with Gasteiger partial charge in [-0.25, -0.2) is 0 Å². The van der Waals surface area contributed by atoms with Gasteiger partial charge in [-0.1, -0.05) is 46.5 Å². The molecule has 20 heavy (non-hydrogen) atoms. The smallest absolute Gasteiger partial charge is 0.0649 e. The van der Waals surface area contributed by atoms with Gasteiger partial charge in [0.05, 0.1) is 4.21 Å². The molecule has 0 radical (unpaired) electrons. The van der Waals surface area contributed by atoms with Crippen LogP contribution in [0.4, 0.5) is 0 Å². The summed E-state index contributed by atoms with van der Waals surface area (Å²) in [5.41, 5.74) is 1.55. The minimum atomic E-state index is 0.600. The first-order valence-corrected chi connectivity index (χ1v) is 9.90. The topological polar surface area (TPSA) is 12.0 Å². The van der Waals surface area contributed by atoms with Crippen molar-refractivity contribution < 1.29 is 0 Å². The molecule has 1 unspecified atom stereocenters. The van der Waals surface area contributed by atoms with Crippen LogP contribution < -0.4 is 5.32 Å². The third-order valence-corrected chi connectivity index (χ3v) is 6.35. The summed E-state index contributed by atoms with van der Waals surface area (Å²) in [5.74, 6) is 0.867. The Bertz CT molecular complexity index is 386. The highest BCUT2D eigenvalue weighted by Crippen LogP contribution is 2.43. The minimum Gasteiger partial charge on any atom is -0.310 e. The molecule has 1 N–H and O–H groups in total. The number of hydrogen-bond acceptors (Lipinski definition) is 3. The lowest BCUT2D eigenvalue weighted by Crippen LogP contribution is -2.27. The second-order valence-corrected chi connectivity index (χ2v) is 9.05. The Kier molecular flexibility index (Phi) is 6.92. The van der Waals surface area contributed by atoms with Crippen molar-refractivity contribution in [3.8, 4) is 0 Å². The van der Waals surface area contributed by atoms with E-state index in [0.717, 1.165) is 11.2 Å². The van der Waals surface area contributed by atoms with Crippen molar-refractivity contribution in [1.29, 1.82) is 0 Å². The van der Waals surface area contributed by atoms with Gasteiger partial charge in [0.2, 0.25) is 0 Å². The van der Waals surface area contributed by atoms with E-state index < -0.39 is 0 Å². The molecular weight excluding hydrogens is 282 g/mol. The fraction of sp³-hybridized carbons (Fsp3) is 0.765. The summed E-state index contributed by atoms with van der Waals surface area (Å²) in [4.78, 5) is 0. The zero-order valence-electron chi connectivity index (χ0n) is 13.2. The largest absolute Gasteiger partial charge is 0.310 e. The van der Waals surface area contributed by atoms with Gasteiger partial charge in [-0.05, 0) is 42.3 Å². The first kappa shape index (κ1) is 16.4. The number of rotatable bonds is 8. The molecule has 114 valence electrons. The Morgan fingerprint density at radius 1 is 1.25 bits per heavy atom. The molecule has 0 spiro atoms. The third-order valence-electron chi connectivity index (χ3n) is 4.01. The van der Waals surface area contributed by atoms with Gasteiger partial charge in [-0.15, -0.1) is 23.1 Å². The lowest BCUT2D eigenvalue weighted by atomic mass is 10.0. The van der Waals surface area contributed by atoms with E-state index in [2.05, 4.69) is 49.3 Å². The number of unbranched alkanes of at least 4 members (excludes halogenated alkanes) is 3. The van der Waals surface area contributed by atoms with E-state index in [-0.39, 0.29) is 0 Å². The fourth-order valence-corrected chi connectivity index (χ4v) is 5.42. The molecule has 3 heteroatoms. The Balaban J connectivity index is 1.63. The molecule has 0 saturated carbocycles. The maximum absolute atomic E-state index is 3.79. The SMILES string of the molecule is CC(C)CCCCCCNC1C[C@H](C)Sc2sccc21.